The van der Waals surface area contributed by atoms with E-state index in [2.05, 4.69) is 10.3 Å². The number of halogens is 1. The summed E-state index contributed by atoms with van der Waals surface area (Å²) in [5.74, 6) is -0.760. The number of rotatable bonds is 4. The molecule has 1 heterocycles. The number of aliphatic hydroxyl groups is 1. The molecule has 2 aromatic rings. The van der Waals surface area contributed by atoms with Crippen molar-refractivity contribution in [2.75, 3.05) is 11.9 Å². The number of carbonyl (C=O) groups excluding carboxylic acids is 1. The third kappa shape index (κ3) is 2.69. The zero-order valence-corrected chi connectivity index (χ0v) is 10.2. The van der Waals surface area contributed by atoms with Gasteiger partial charge >= 0.3 is 0 Å². The predicted molar refractivity (Wildman–Crippen MR) is 70.4 cm³/mol. The van der Waals surface area contributed by atoms with Crippen molar-refractivity contribution in [2.45, 2.75) is 6.10 Å². The summed E-state index contributed by atoms with van der Waals surface area (Å²) >= 11 is 5.88. The van der Waals surface area contributed by atoms with Crippen LogP contribution in [0, 0.1) is 0 Å². The van der Waals surface area contributed by atoms with Crippen LogP contribution in [0.1, 0.15) is 0 Å². The van der Waals surface area contributed by atoms with Crippen LogP contribution in [0.4, 0.5) is 5.69 Å². The average Bonchev–Trinajstić information content (AvgIpc) is 2.35. The summed E-state index contributed by atoms with van der Waals surface area (Å²) in [7, 11) is 0. The molecule has 6 heteroatoms. The Morgan fingerprint density at radius 2 is 2.28 bits per heavy atom. The Bertz CT molecular complexity index is 589. The van der Waals surface area contributed by atoms with E-state index in [1.807, 2.05) is 6.07 Å². The van der Waals surface area contributed by atoms with Crippen molar-refractivity contribution in [3.05, 3.63) is 35.5 Å². The highest BCUT2D eigenvalue weighted by Gasteiger charge is 2.11. The van der Waals surface area contributed by atoms with Gasteiger partial charge in [-0.25, -0.2) is 0 Å². The van der Waals surface area contributed by atoms with E-state index in [0.29, 0.717) is 5.02 Å². The fourth-order valence-corrected chi connectivity index (χ4v) is 1.75. The van der Waals surface area contributed by atoms with Gasteiger partial charge in [-0.15, -0.1) is 0 Å². The van der Waals surface area contributed by atoms with Crippen molar-refractivity contribution in [1.29, 1.82) is 0 Å². The zero-order chi connectivity index (χ0) is 13.1. The number of pyridine rings is 1. The number of fused-ring (bicyclic) bond motifs is 1. The number of benzene rings is 1. The molecule has 0 bridgehead atoms. The molecule has 0 aliphatic carbocycles. The van der Waals surface area contributed by atoms with Gasteiger partial charge in [0.15, 0.2) is 0 Å². The minimum absolute atomic E-state index is 0.0527. The van der Waals surface area contributed by atoms with E-state index in [1.54, 1.807) is 24.4 Å². The number of aromatic nitrogens is 1. The second-order valence-corrected chi connectivity index (χ2v) is 4.26. The lowest BCUT2D eigenvalue weighted by molar-refractivity contribution is -0.125. The lowest BCUT2D eigenvalue weighted by atomic mass is 10.2. The molecule has 1 aromatic carbocycles. The highest BCUT2D eigenvalue weighted by atomic mass is 35.5. The Morgan fingerprint density at radius 1 is 1.50 bits per heavy atom. The van der Waals surface area contributed by atoms with Crippen molar-refractivity contribution in [2.24, 2.45) is 5.73 Å². The van der Waals surface area contributed by atoms with Gasteiger partial charge in [0.25, 0.3) is 0 Å². The monoisotopic (exact) mass is 265 g/mol. The summed E-state index contributed by atoms with van der Waals surface area (Å²) in [5, 5.41) is 13.7. The first-order valence-corrected chi connectivity index (χ1v) is 5.71. The van der Waals surface area contributed by atoms with Gasteiger partial charge in [-0.05, 0) is 24.3 Å². The molecule has 18 heavy (non-hydrogen) atoms. The van der Waals surface area contributed by atoms with E-state index in [0.717, 1.165) is 16.6 Å². The Kier molecular flexibility index (Phi) is 3.64. The van der Waals surface area contributed by atoms with Gasteiger partial charge in [0.1, 0.15) is 6.10 Å². The number of anilines is 1. The molecule has 1 atom stereocenters. The standard InChI is InChI=1S/C12H12ClN3O2/c13-7-1-2-8-9(3-4-15-10(8)5-7)16-6-11(17)12(14)18/h1-5,11,17H,6H2,(H2,14,18)(H,15,16). The van der Waals surface area contributed by atoms with Crippen LogP contribution < -0.4 is 11.1 Å². The minimum atomic E-state index is -1.22. The molecular weight excluding hydrogens is 254 g/mol. The molecule has 1 unspecified atom stereocenters. The number of amides is 1. The molecule has 1 amide bonds. The molecule has 0 radical (unpaired) electrons. The van der Waals surface area contributed by atoms with E-state index in [4.69, 9.17) is 17.3 Å². The largest absolute Gasteiger partial charge is 0.381 e. The summed E-state index contributed by atoms with van der Waals surface area (Å²) in [6.07, 6.45) is 0.401. The number of hydrogen-bond donors (Lipinski definition) is 3. The van der Waals surface area contributed by atoms with Crippen LogP contribution >= 0.6 is 11.6 Å². The maximum absolute atomic E-state index is 10.7. The first-order valence-electron chi connectivity index (χ1n) is 5.33. The SMILES string of the molecule is NC(=O)C(O)CNc1ccnc2cc(Cl)ccc12. The van der Waals surface area contributed by atoms with Crippen LogP contribution in [0.2, 0.25) is 5.02 Å². The number of carbonyl (C=O) groups is 1. The first-order chi connectivity index (χ1) is 8.58. The van der Waals surface area contributed by atoms with E-state index >= 15 is 0 Å². The van der Waals surface area contributed by atoms with Crippen molar-refractivity contribution in [3.63, 3.8) is 0 Å². The summed E-state index contributed by atoms with van der Waals surface area (Å²) in [6, 6.07) is 7.07. The summed E-state index contributed by atoms with van der Waals surface area (Å²) < 4.78 is 0. The number of hydrogen-bond acceptors (Lipinski definition) is 4. The first kappa shape index (κ1) is 12.6. The molecule has 0 fully saturated rings. The van der Waals surface area contributed by atoms with Gasteiger partial charge in [-0.3, -0.25) is 9.78 Å². The quantitative estimate of drug-likeness (QED) is 0.774. The fraction of sp³-hybridized carbons (Fsp3) is 0.167. The molecule has 0 saturated heterocycles. The van der Waals surface area contributed by atoms with Gasteiger partial charge in [0.05, 0.1) is 5.52 Å². The highest BCUT2D eigenvalue weighted by Crippen LogP contribution is 2.24. The average molecular weight is 266 g/mol. The van der Waals surface area contributed by atoms with E-state index in [1.165, 1.54) is 0 Å². The van der Waals surface area contributed by atoms with Crippen LogP contribution in [0.3, 0.4) is 0 Å². The third-order valence-corrected chi connectivity index (χ3v) is 2.75. The lowest BCUT2D eigenvalue weighted by Crippen LogP contribution is -2.34. The number of nitrogens with zero attached hydrogens (tertiary/aromatic N) is 1. The molecule has 0 aliphatic heterocycles. The summed E-state index contributed by atoms with van der Waals surface area (Å²) in [5.41, 5.74) is 6.47. The van der Waals surface area contributed by atoms with Gasteiger partial charge in [0.2, 0.25) is 5.91 Å². The normalized spacial score (nSPS) is 12.3. The number of aliphatic hydroxyl groups excluding tert-OH is 1. The molecule has 1 aromatic heterocycles. The third-order valence-electron chi connectivity index (χ3n) is 2.52. The second-order valence-electron chi connectivity index (χ2n) is 3.82. The molecule has 4 N–H and O–H groups in total. The lowest BCUT2D eigenvalue weighted by Gasteiger charge is -2.11. The minimum Gasteiger partial charge on any atom is -0.381 e. The van der Waals surface area contributed by atoms with Crippen molar-refractivity contribution in [1.82, 2.24) is 4.98 Å². The smallest absolute Gasteiger partial charge is 0.248 e. The number of primary amides is 1. The Balaban J connectivity index is 2.26. The van der Waals surface area contributed by atoms with Crippen LogP contribution in [0.15, 0.2) is 30.5 Å². The molecule has 0 spiro atoms. The molecular formula is C12H12ClN3O2. The topological polar surface area (TPSA) is 88.2 Å². The van der Waals surface area contributed by atoms with Crippen LogP contribution in [0.25, 0.3) is 10.9 Å². The van der Waals surface area contributed by atoms with E-state index < -0.39 is 12.0 Å². The van der Waals surface area contributed by atoms with Gasteiger partial charge in [-0.1, -0.05) is 11.6 Å². The Morgan fingerprint density at radius 3 is 3.00 bits per heavy atom. The van der Waals surface area contributed by atoms with Crippen LogP contribution in [0.5, 0.6) is 0 Å². The number of nitrogens with one attached hydrogen (secondary N) is 1. The summed E-state index contributed by atoms with van der Waals surface area (Å²) in [4.78, 5) is 14.9. The molecule has 0 saturated carbocycles. The van der Waals surface area contributed by atoms with Crippen molar-refractivity contribution >= 4 is 34.1 Å². The number of nitrogens with two attached hydrogens (primary N) is 1. The Labute approximate surface area is 109 Å². The molecule has 2 rings (SSSR count). The van der Waals surface area contributed by atoms with Crippen LogP contribution in [-0.4, -0.2) is 28.6 Å². The Hall–Kier alpha value is -1.85. The van der Waals surface area contributed by atoms with E-state index in [9.17, 15) is 9.90 Å². The molecule has 0 aliphatic rings. The fourth-order valence-electron chi connectivity index (χ4n) is 1.58. The maximum Gasteiger partial charge on any atom is 0.248 e. The summed E-state index contributed by atoms with van der Waals surface area (Å²) in [6.45, 7) is 0.0527. The highest BCUT2D eigenvalue weighted by molar-refractivity contribution is 6.31. The van der Waals surface area contributed by atoms with E-state index in [-0.39, 0.29) is 6.54 Å². The molecule has 94 valence electrons. The predicted octanol–water partition coefficient (Wildman–Crippen LogP) is 1.15. The molecule has 5 nitrogen and oxygen atoms in total. The van der Waals surface area contributed by atoms with Gasteiger partial charge < -0.3 is 16.2 Å². The van der Waals surface area contributed by atoms with Crippen LogP contribution in [-0.2, 0) is 4.79 Å². The second kappa shape index (κ2) is 5.20. The zero-order valence-electron chi connectivity index (χ0n) is 9.43. The van der Waals surface area contributed by atoms with Gasteiger partial charge in [0, 0.05) is 28.8 Å². The van der Waals surface area contributed by atoms with Crippen molar-refractivity contribution in [3.8, 4) is 0 Å². The maximum atomic E-state index is 10.7. The van der Waals surface area contributed by atoms with Crippen molar-refractivity contribution < 1.29 is 9.90 Å². The van der Waals surface area contributed by atoms with Gasteiger partial charge in [-0.2, -0.15) is 0 Å².